The van der Waals surface area contributed by atoms with Gasteiger partial charge in [-0.1, -0.05) is 0 Å². The number of allylic oxidation sites excluding steroid dienone is 4. The number of morpholine rings is 1. The Morgan fingerprint density at radius 3 is 2.48 bits per heavy atom. The maximum absolute atomic E-state index is 11.4. The van der Waals surface area contributed by atoms with Gasteiger partial charge in [0.15, 0.2) is 5.78 Å². The highest BCUT2D eigenvalue weighted by molar-refractivity contribution is 6.19. The van der Waals surface area contributed by atoms with Gasteiger partial charge in [0.25, 0.3) is 0 Å². The zero-order valence-corrected chi connectivity index (χ0v) is 12.1. The summed E-state index contributed by atoms with van der Waals surface area (Å²) < 4.78 is 5.36. The van der Waals surface area contributed by atoms with Crippen LogP contribution in [0.1, 0.15) is 6.92 Å². The number of carbonyl (C=O) groups excluding carboxylic acids is 1. The van der Waals surface area contributed by atoms with Crippen molar-refractivity contribution in [2.24, 2.45) is 4.99 Å². The lowest BCUT2D eigenvalue weighted by Crippen LogP contribution is -2.36. The van der Waals surface area contributed by atoms with Gasteiger partial charge in [-0.05, 0) is 55.0 Å². The largest absolute Gasteiger partial charge is 0.378 e. The summed E-state index contributed by atoms with van der Waals surface area (Å²) in [6.07, 6.45) is 5.14. The molecule has 0 radical (unpaired) electrons. The van der Waals surface area contributed by atoms with Gasteiger partial charge in [0.1, 0.15) is 0 Å². The van der Waals surface area contributed by atoms with E-state index < -0.39 is 0 Å². The molecule has 0 unspecified atom stereocenters. The average Bonchev–Trinajstić information content (AvgIpc) is 2.53. The fraction of sp³-hybridized carbons (Fsp3) is 0.294. The van der Waals surface area contributed by atoms with E-state index >= 15 is 0 Å². The molecule has 1 heterocycles. The Kier molecular flexibility index (Phi) is 3.97. The van der Waals surface area contributed by atoms with Gasteiger partial charge in [0.2, 0.25) is 0 Å². The summed E-state index contributed by atoms with van der Waals surface area (Å²) in [6, 6.07) is 8.18. The molecular formula is C17H18N2O2. The van der Waals surface area contributed by atoms with Crippen molar-refractivity contribution in [3.8, 4) is 0 Å². The fourth-order valence-corrected chi connectivity index (χ4v) is 2.41. The molecule has 108 valence electrons. The number of nitrogens with zero attached hydrogens (tertiary/aromatic N) is 2. The third kappa shape index (κ3) is 3.28. The Morgan fingerprint density at radius 1 is 1.10 bits per heavy atom. The molecule has 1 aliphatic heterocycles. The second-order valence-electron chi connectivity index (χ2n) is 5.18. The number of rotatable bonds is 2. The first kappa shape index (κ1) is 13.8. The van der Waals surface area contributed by atoms with Gasteiger partial charge in [0.05, 0.1) is 24.6 Å². The van der Waals surface area contributed by atoms with Crippen molar-refractivity contribution in [3.05, 3.63) is 48.1 Å². The molecule has 0 aromatic heterocycles. The number of carbonyl (C=O) groups is 1. The maximum Gasteiger partial charge on any atom is 0.181 e. The van der Waals surface area contributed by atoms with Crippen LogP contribution in [0.2, 0.25) is 0 Å². The van der Waals surface area contributed by atoms with Crippen molar-refractivity contribution < 1.29 is 9.53 Å². The molecule has 1 aromatic rings. The number of aliphatic imine (C=N–C) groups is 1. The third-order valence-electron chi connectivity index (χ3n) is 3.64. The zero-order valence-electron chi connectivity index (χ0n) is 12.1. The van der Waals surface area contributed by atoms with Gasteiger partial charge >= 0.3 is 0 Å². The van der Waals surface area contributed by atoms with Gasteiger partial charge in [-0.3, -0.25) is 4.79 Å². The van der Waals surface area contributed by atoms with Crippen molar-refractivity contribution in [2.45, 2.75) is 6.92 Å². The molecular weight excluding hydrogens is 264 g/mol. The van der Waals surface area contributed by atoms with E-state index in [0.29, 0.717) is 0 Å². The minimum atomic E-state index is 0.0524. The monoisotopic (exact) mass is 282 g/mol. The lowest BCUT2D eigenvalue weighted by atomic mass is 10.1. The maximum atomic E-state index is 11.4. The Bertz CT molecular complexity index is 621. The van der Waals surface area contributed by atoms with Gasteiger partial charge < -0.3 is 9.64 Å². The summed E-state index contributed by atoms with van der Waals surface area (Å²) in [5.74, 6) is 0.0524. The predicted molar refractivity (Wildman–Crippen MR) is 84.5 cm³/mol. The summed E-state index contributed by atoms with van der Waals surface area (Å²) in [4.78, 5) is 18.2. The van der Waals surface area contributed by atoms with Crippen molar-refractivity contribution in [2.75, 3.05) is 31.2 Å². The quantitative estimate of drug-likeness (QED) is 0.783. The number of ether oxygens (including phenoxy) is 1. The fourth-order valence-electron chi connectivity index (χ4n) is 2.41. The SMILES string of the molecule is CC1=CC(=Nc2ccc(N3CCOCC3)cc2)C=CC1=O. The molecule has 3 rings (SSSR count). The molecule has 0 amide bonds. The number of hydrogen-bond acceptors (Lipinski definition) is 4. The normalized spacial score (nSPS) is 20.8. The molecule has 1 aromatic carbocycles. The Hall–Kier alpha value is -2.20. The van der Waals surface area contributed by atoms with E-state index in [1.165, 1.54) is 5.69 Å². The summed E-state index contributed by atoms with van der Waals surface area (Å²) in [5.41, 5.74) is 3.63. The highest BCUT2D eigenvalue weighted by Crippen LogP contribution is 2.21. The summed E-state index contributed by atoms with van der Waals surface area (Å²) in [5, 5.41) is 0. The second kappa shape index (κ2) is 6.06. The first-order valence-corrected chi connectivity index (χ1v) is 7.14. The van der Waals surface area contributed by atoms with Crippen molar-refractivity contribution in [1.82, 2.24) is 0 Å². The van der Waals surface area contributed by atoms with Gasteiger partial charge in [-0.2, -0.15) is 0 Å². The lowest BCUT2D eigenvalue weighted by molar-refractivity contribution is -0.111. The Morgan fingerprint density at radius 2 is 1.81 bits per heavy atom. The standard InChI is InChI=1S/C17H18N2O2/c1-13-12-15(4-7-17(13)20)18-14-2-5-16(6-3-14)19-8-10-21-11-9-19/h2-7,12H,8-11H2,1H3. The first-order chi connectivity index (χ1) is 10.2. The van der Waals surface area contributed by atoms with E-state index in [1.54, 1.807) is 12.2 Å². The molecule has 21 heavy (non-hydrogen) atoms. The van der Waals surface area contributed by atoms with E-state index in [2.05, 4.69) is 22.0 Å². The van der Waals surface area contributed by atoms with Crippen molar-refractivity contribution in [3.63, 3.8) is 0 Å². The second-order valence-corrected chi connectivity index (χ2v) is 5.18. The minimum absolute atomic E-state index is 0.0524. The zero-order chi connectivity index (χ0) is 14.7. The van der Waals surface area contributed by atoms with Crippen LogP contribution in [-0.4, -0.2) is 37.8 Å². The van der Waals surface area contributed by atoms with Crippen LogP contribution in [0.4, 0.5) is 11.4 Å². The highest BCUT2D eigenvalue weighted by atomic mass is 16.5. The van der Waals surface area contributed by atoms with E-state index in [-0.39, 0.29) is 5.78 Å². The van der Waals surface area contributed by atoms with E-state index in [0.717, 1.165) is 43.3 Å². The number of ketones is 1. The van der Waals surface area contributed by atoms with E-state index in [4.69, 9.17) is 4.74 Å². The molecule has 1 fully saturated rings. The van der Waals surface area contributed by atoms with Gasteiger partial charge in [0, 0.05) is 18.8 Å². The van der Waals surface area contributed by atoms with Crippen LogP contribution in [0, 0.1) is 0 Å². The Balaban J connectivity index is 1.75. The molecule has 1 aliphatic carbocycles. The molecule has 4 heteroatoms. The molecule has 0 atom stereocenters. The van der Waals surface area contributed by atoms with Crippen molar-refractivity contribution >= 4 is 22.9 Å². The lowest BCUT2D eigenvalue weighted by Gasteiger charge is -2.28. The summed E-state index contributed by atoms with van der Waals surface area (Å²) in [7, 11) is 0. The summed E-state index contributed by atoms with van der Waals surface area (Å²) in [6.45, 7) is 5.24. The smallest absolute Gasteiger partial charge is 0.181 e. The van der Waals surface area contributed by atoms with Gasteiger partial charge in [-0.15, -0.1) is 0 Å². The molecule has 4 nitrogen and oxygen atoms in total. The molecule has 0 spiro atoms. The van der Waals surface area contributed by atoms with Crippen LogP contribution in [0.25, 0.3) is 0 Å². The molecule has 1 saturated heterocycles. The van der Waals surface area contributed by atoms with Crippen LogP contribution in [0.3, 0.4) is 0 Å². The van der Waals surface area contributed by atoms with Crippen molar-refractivity contribution in [1.29, 1.82) is 0 Å². The van der Waals surface area contributed by atoms with Crippen LogP contribution in [0.5, 0.6) is 0 Å². The van der Waals surface area contributed by atoms with Crippen LogP contribution in [0.15, 0.2) is 53.1 Å². The average molecular weight is 282 g/mol. The number of hydrogen-bond donors (Lipinski definition) is 0. The minimum Gasteiger partial charge on any atom is -0.378 e. The van der Waals surface area contributed by atoms with E-state index in [1.807, 2.05) is 25.1 Å². The predicted octanol–water partition coefficient (Wildman–Crippen LogP) is 2.68. The van der Waals surface area contributed by atoms with Crippen LogP contribution < -0.4 is 4.90 Å². The topological polar surface area (TPSA) is 41.9 Å². The Labute approximate surface area is 124 Å². The number of anilines is 1. The van der Waals surface area contributed by atoms with Crippen LogP contribution in [-0.2, 0) is 9.53 Å². The molecule has 0 bridgehead atoms. The summed E-state index contributed by atoms with van der Waals surface area (Å²) >= 11 is 0. The highest BCUT2D eigenvalue weighted by Gasteiger charge is 2.11. The molecule has 0 saturated carbocycles. The van der Waals surface area contributed by atoms with Gasteiger partial charge in [-0.25, -0.2) is 4.99 Å². The first-order valence-electron chi connectivity index (χ1n) is 7.14. The van der Waals surface area contributed by atoms with Crippen LogP contribution >= 0.6 is 0 Å². The third-order valence-corrected chi connectivity index (χ3v) is 3.64. The number of benzene rings is 1. The molecule has 2 aliphatic rings. The molecule has 0 N–H and O–H groups in total. The van der Waals surface area contributed by atoms with E-state index in [9.17, 15) is 4.79 Å².